The summed E-state index contributed by atoms with van der Waals surface area (Å²) < 4.78 is 13.6. The number of aliphatic carboxylic acids is 1. The first-order chi connectivity index (χ1) is 9.00. The van der Waals surface area contributed by atoms with Gasteiger partial charge in [-0.2, -0.15) is 0 Å². The standard InChI is InChI=1S/C13H16BrFN2O2/c1-8(9-2-3-11(15)10(14)6-9)17-5-4-16-7-12(17)13(18)19/h2-3,6,8,12,16H,4-5,7H2,1H3,(H,18,19). The number of nitrogens with one attached hydrogen (secondary N) is 1. The van der Waals surface area contributed by atoms with Crippen molar-refractivity contribution in [1.82, 2.24) is 10.2 Å². The number of hydrogen-bond donors (Lipinski definition) is 2. The largest absolute Gasteiger partial charge is 0.480 e. The van der Waals surface area contributed by atoms with Crippen LogP contribution in [0.3, 0.4) is 0 Å². The lowest BCUT2D eigenvalue weighted by molar-refractivity contribution is -0.145. The predicted molar refractivity (Wildman–Crippen MR) is 73.5 cm³/mol. The third-order valence-corrected chi connectivity index (χ3v) is 4.10. The molecule has 0 aromatic heterocycles. The minimum atomic E-state index is -0.833. The zero-order valence-electron chi connectivity index (χ0n) is 10.6. The van der Waals surface area contributed by atoms with E-state index in [1.807, 2.05) is 11.8 Å². The molecule has 1 aromatic carbocycles. The molecule has 1 aliphatic rings. The number of rotatable bonds is 3. The van der Waals surface area contributed by atoms with Crippen molar-refractivity contribution in [2.45, 2.75) is 19.0 Å². The molecule has 1 heterocycles. The van der Waals surface area contributed by atoms with E-state index >= 15 is 0 Å². The highest BCUT2D eigenvalue weighted by molar-refractivity contribution is 9.10. The summed E-state index contributed by atoms with van der Waals surface area (Å²) in [7, 11) is 0. The van der Waals surface area contributed by atoms with Gasteiger partial charge in [0.05, 0.1) is 4.47 Å². The van der Waals surface area contributed by atoms with Crippen molar-refractivity contribution in [3.05, 3.63) is 34.1 Å². The van der Waals surface area contributed by atoms with E-state index in [4.69, 9.17) is 0 Å². The van der Waals surface area contributed by atoms with E-state index < -0.39 is 12.0 Å². The fourth-order valence-electron chi connectivity index (χ4n) is 2.38. The number of carboxylic acids is 1. The van der Waals surface area contributed by atoms with Crippen LogP contribution < -0.4 is 5.32 Å². The maximum atomic E-state index is 13.2. The highest BCUT2D eigenvalue weighted by atomic mass is 79.9. The average molecular weight is 331 g/mol. The highest BCUT2D eigenvalue weighted by Gasteiger charge is 2.32. The van der Waals surface area contributed by atoms with Crippen LogP contribution in [0.15, 0.2) is 22.7 Å². The van der Waals surface area contributed by atoms with Gasteiger partial charge in [-0.05, 0) is 40.5 Å². The average Bonchev–Trinajstić information content (AvgIpc) is 2.41. The quantitative estimate of drug-likeness (QED) is 0.890. The second-order valence-electron chi connectivity index (χ2n) is 4.65. The van der Waals surface area contributed by atoms with Crippen LogP contribution in [0.1, 0.15) is 18.5 Å². The summed E-state index contributed by atoms with van der Waals surface area (Å²) in [6, 6.07) is 4.19. The van der Waals surface area contributed by atoms with E-state index in [0.717, 1.165) is 12.1 Å². The van der Waals surface area contributed by atoms with Crippen LogP contribution in [0.2, 0.25) is 0 Å². The second kappa shape index (κ2) is 5.98. The van der Waals surface area contributed by atoms with Crippen molar-refractivity contribution in [1.29, 1.82) is 0 Å². The van der Waals surface area contributed by atoms with Crippen molar-refractivity contribution in [2.24, 2.45) is 0 Å². The molecule has 0 amide bonds. The number of hydrogen-bond acceptors (Lipinski definition) is 3. The normalized spacial score (nSPS) is 22.2. The first kappa shape index (κ1) is 14.4. The molecule has 4 nitrogen and oxygen atoms in total. The van der Waals surface area contributed by atoms with Crippen LogP contribution in [0.25, 0.3) is 0 Å². The topological polar surface area (TPSA) is 52.6 Å². The molecule has 2 unspecified atom stereocenters. The molecular formula is C13H16BrFN2O2. The van der Waals surface area contributed by atoms with Crippen LogP contribution in [0.5, 0.6) is 0 Å². The van der Waals surface area contributed by atoms with Crippen molar-refractivity contribution >= 4 is 21.9 Å². The lowest BCUT2D eigenvalue weighted by Gasteiger charge is -2.38. The molecule has 0 bridgehead atoms. The van der Waals surface area contributed by atoms with Crippen molar-refractivity contribution in [3.63, 3.8) is 0 Å². The molecular weight excluding hydrogens is 315 g/mol. The molecule has 2 N–H and O–H groups in total. The number of benzene rings is 1. The molecule has 0 radical (unpaired) electrons. The van der Waals surface area contributed by atoms with Gasteiger partial charge in [0, 0.05) is 25.7 Å². The maximum absolute atomic E-state index is 13.2. The van der Waals surface area contributed by atoms with Gasteiger partial charge in [-0.25, -0.2) is 4.39 Å². The molecule has 0 aliphatic carbocycles. The van der Waals surface area contributed by atoms with Gasteiger partial charge in [0.15, 0.2) is 0 Å². The number of nitrogens with zero attached hydrogens (tertiary/aromatic N) is 1. The van der Waals surface area contributed by atoms with Gasteiger partial charge in [-0.15, -0.1) is 0 Å². The Bertz CT molecular complexity index is 484. The maximum Gasteiger partial charge on any atom is 0.322 e. The van der Waals surface area contributed by atoms with E-state index in [2.05, 4.69) is 21.2 Å². The van der Waals surface area contributed by atoms with Gasteiger partial charge in [-0.3, -0.25) is 9.69 Å². The van der Waals surface area contributed by atoms with E-state index in [0.29, 0.717) is 17.6 Å². The highest BCUT2D eigenvalue weighted by Crippen LogP contribution is 2.27. The number of halogens is 2. The van der Waals surface area contributed by atoms with Crippen LogP contribution >= 0.6 is 15.9 Å². The Morgan fingerprint density at radius 3 is 3.00 bits per heavy atom. The lowest BCUT2D eigenvalue weighted by atomic mass is 10.0. The van der Waals surface area contributed by atoms with Crippen LogP contribution in [0.4, 0.5) is 4.39 Å². The smallest absolute Gasteiger partial charge is 0.322 e. The Hall–Kier alpha value is -0.980. The van der Waals surface area contributed by atoms with Gasteiger partial charge in [0.1, 0.15) is 11.9 Å². The van der Waals surface area contributed by atoms with Crippen molar-refractivity contribution in [3.8, 4) is 0 Å². The van der Waals surface area contributed by atoms with Crippen LogP contribution in [-0.2, 0) is 4.79 Å². The molecule has 1 aliphatic heterocycles. The molecule has 2 atom stereocenters. The van der Waals surface area contributed by atoms with Gasteiger partial charge in [0.2, 0.25) is 0 Å². The molecule has 1 fully saturated rings. The molecule has 2 rings (SSSR count). The predicted octanol–water partition coefficient (Wildman–Crippen LogP) is 2.01. The molecule has 6 heteroatoms. The van der Waals surface area contributed by atoms with Gasteiger partial charge in [0.25, 0.3) is 0 Å². The van der Waals surface area contributed by atoms with E-state index in [1.165, 1.54) is 6.07 Å². The molecule has 0 spiro atoms. The van der Waals surface area contributed by atoms with Crippen molar-refractivity contribution in [2.75, 3.05) is 19.6 Å². The summed E-state index contributed by atoms with van der Waals surface area (Å²) in [5.74, 6) is -1.15. The van der Waals surface area contributed by atoms with Crippen LogP contribution in [-0.4, -0.2) is 41.7 Å². The zero-order chi connectivity index (χ0) is 14.0. The Morgan fingerprint density at radius 2 is 2.37 bits per heavy atom. The summed E-state index contributed by atoms with van der Waals surface area (Å²) in [6.07, 6.45) is 0. The first-order valence-corrected chi connectivity index (χ1v) is 6.94. The molecule has 1 saturated heterocycles. The molecule has 0 saturated carbocycles. The van der Waals surface area contributed by atoms with E-state index in [-0.39, 0.29) is 11.9 Å². The molecule has 1 aromatic rings. The third kappa shape index (κ3) is 3.13. The number of carboxylic acid groups (broad SMARTS) is 1. The van der Waals surface area contributed by atoms with Gasteiger partial charge >= 0.3 is 5.97 Å². The monoisotopic (exact) mass is 330 g/mol. The van der Waals surface area contributed by atoms with Crippen LogP contribution in [0, 0.1) is 5.82 Å². The third-order valence-electron chi connectivity index (χ3n) is 3.49. The summed E-state index contributed by atoms with van der Waals surface area (Å²) in [5.41, 5.74) is 0.904. The lowest BCUT2D eigenvalue weighted by Crippen LogP contribution is -2.55. The van der Waals surface area contributed by atoms with Gasteiger partial charge in [-0.1, -0.05) is 6.07 Å². The fraction of sp³-hybridized carbons (Fsp3) is 0.462. The van der Waals surface area contributed by atoms with E-state index in [1.54, 1.807) is 12.1 Å². The Balaban J connectivity index is 2.23. The molecule has 104 valence electrons. The minimum Gasteiger partial charge on any atom is -0.480 e. The zero-order valence-corrected chi connectivity index (χ0v) is 12.2. The summed E-state index contributed by atoms with van der Waals surface area (Å²) in [4.78, 5) is 13.2. The summed E-state index contributed by atoms with van der Waals surface area (Å²) >= 11 is 3.16. The minimum absolute atomic E-state index is 0.0694. The summed E-state index contributed by atoms with van der Waals surface area (Å²) in [5, 5.41) is 12.3. The van der Waals surface area contributed by atoms with E-state index in [9.17, 15) is 14.3 Å². The Morgan fingerprint density at radius 1 is 1.63 bits per heavy atom. The first-order valence-electron chi connectivity index (χ1n) is 6.15. The van der Waals surface area contributed by atoms with Gasteiger partial charge < -0.3 is 10.4 Å². The number of carbonyl (C=O) groups is 1. The second-order valence-corrected chi connectivity index (χ2v) is 5.50. The Labute approximate surface area is 119 Å². The SMILES string of the molecule is CC(c1ccc(F)c(Br)c1)N1CCNCC1C(=O)O. The summed E-state index contributed by atoms with van der Waals surface area (Å²) in [6.45, 7) is 3.80. The fourth-order valence-corrected chi connectivity index (χ4v) is 2.77. The Kier molecular flexibility index (Phi) is 4.54. The van der Waals surface area contributed by atoms with Crippen molar-refractivity contribution < 1.29 is 14.3 Å². The number of piperazine rings is 1. The molecule has 19 heavy (non-hydrogen) atoms.